The van der Waals surface area contributed by atoms with Crippen molar-refractivity contribution in [3.63, 3.8) is 0 Å². The topological polar surface area (TPSA) is 49.4 Å². The van der Waals surface area contributed by atoms with Gasteiger partial charge in [0.05, 0.1) is 6.42 Å². The van der Waals surface area contributed by atoms with Crippen molar-refractivity contribution in [2.24, 2.45) is 0 Å². The zero-order valence-corrected chi connectivity index (χ0v) is 10.8. The molecule has 0 unspecified atom stereocenters. The molecule has 4 nitrogen and oxygen atoms in total. The molecule has 2 rings (SSSR count). The maximum atomic E-state index is 11.9. The molecule has 0 radical (unpaired) electrons. The van der Waals surface area contributed by atoms with E-state index in [4.69, 9.17) is 0 Å². The van der Waals surface area contributed by atoms with Gasteiger partial charge in [0.25, 0.3) is 0 Å². The summed E-state index contributed by atoms with van der Waals surface area (Å²) in [6.45, 7) is 2.85. The molecule has 1 aromatic rings. The Labute approximate surface area is 107 Å². The number of fused-ring (bicyclic) bond motifs is 1. The average Bonchev–Trinajstić information content (AvgIpc) is 2.62. The smallest absolute Gasteiger partial charge is 0.231 e. The molecule has 0 atom stereocenters. The third-order valence-electron chi connectivity index (χ3n) is 3.15. The number of benzene rings is 1. The van der Waals surface area contributed by atoms with Crippen LogP contribution in [0.5, 0.6) is 0 Å². The number of hydrogen-bond acceptors (Lipinski definition) is 3. The van der Waals surface area contributed by atoms with E-state index in [1.54, 1.807) is 11.8 Å². The number of Topliss-reactive ketones (excluding diaryl/α,β-unsaturated/α-hetero) is 1. The Morgan fingerprint density at radius 2 is 2.22 bits per heavy atom. The third kappa shape index (κ3) is 2.59. The normalized spacial score (nSPS) is 13.9. The second-order valence-corrected chi connectivity index (χ2v) is 4.67. The molecule has 1 heterocycles. The van der Waals surface area contributed by atoms with E-state index >= 15 is 0 Å². The Bertz CT molecular complexity index is 483. The fourth-order valence-corrected chi connectivity index (χ4v) is 2.26. The summed E-state index contributed by atoms with van der Waals surface area (Å²) in [6, 6.07) is 6.07. The highest BCUT2D eigenvalue weighted by molar-refractivity contribution is 6.01. The van der Waals surface area contributed by atoms with Crippen LogP contribution >= 0.6 is 0 Å². The lowest BCUT2D eigenvalue weighted by molar-refractivity contribution is -0.117. The van der Waals surface area contributed by atoms with Gasteiger partial charge in [0.2, 0.25) is 5.91 Å². The van der Waals surface area contributed by atoms with Crippen LogP contribution < -0.4 is 10.2 Å². The van der Waals surface area contributed by atoms with Crippen LogP contribution in [0.2, 0.25) is 0 Å². The van der Waals surface area contributed by atoms with Crippen LogP contribution in [0, 0.1) is 0 Å². The fraction of sp³-hybridized carbons (Fsp3) is 0.429. The Morgan fingerprint density at radius 3 is 2.89 bits per heavy atom. The predicted molar refractivity (Wildman–Crippen MR) is 70.6 cm³/mol. The molecule has 0 saturated heterocycles. The first-order valence-electron chi connectivity index (χ1n) is 6.18. The van der Waals surface area contributed by atoms with Gasteiger partial charge in [-0.1, -0.05) is 12.1 Å². The highest BCUT2D eigenvalue weighted by atomic mass is 16.2. The Balaban J connectivity index is 2.18. The molecule has 4 heteroatoms. The van der Waals surface area contributed by atoms with Crippen molar-refractivity contribution in [2.45, 2.75) is 26.3 Å². The molecule has 0 aliphatic carbocycles. The van der Waals surface area contributed by atoms with Gasteiger partial charge in [-0.25, -0.2) is 0 Å². The number of ketones is 1. The Morgan fingerprint density at radius 1 is 1.44 bits per heavy atom. The summed E-state index contributed by atoms with van der Waals surface area (Å²) in [6.07, 6.45) is 0.869. The molecular formula is C14H18N2O2. The first-order valence-corrected chi connectivity index (χ1v) is 6.18. The van der Waals surface area contributed by atoms with Gasteiger partial charge in [-0.3, -0.25) is 9.59 Å². The van der Waals surface area contributed by atoms with E-state index in [2.05, 4.69) is 11.4 Å². The standard InChI is InChI=1S/C14H18N2O2/c1-10(17)5-6-16-13-4-3-11(9-15-2)7-12(13)8-14(16)18/h3-4,7,15H,5-6,8-9H2,1-2H3. The molecule has 0 fully saturated rings. The number of anilines is 1. The van der Waals surface area contributed by atoms with Crippen molar-refractivity contribution < 1.29 is 9.59 Å². The number of hydrogen-bond donors (Lipinski definition) is 1. The molecule has 1 N–H and O–H groups in total. The number of carbonyl (C=O) groups excluding carboxylic acids is 2. The lowest BCUT2D eigenvalue weighted by Gasteiger charge is -2.16. The quantitative estimate of drug-likeness (QED) is 0.851. The van der Waals surface area contributed by atoms with Gasteiger partial charge >= 0.3 is 0 Å². The molecular weight excluding hydrogens is 228 g/mol. The van der Waals surface area contributed by atoms with Gasteiger partial charge in [-0.2, -0.15) is 0 Å². The van der Waals surface area contributed by atoms with Crippen molar-refractivity contribution in [1.82, 2.24) is 5.32 Å². The second kappa shape index (κ2) is 5.31. The lowest BCUT2D eigenvalue weighted by Crippen LogP contribution is -2.28. The summed E-state index contributed by atoms with van der Waals surface area (Å²) in [5.41, 5.74) is 3.20. The van der Waals surface area contributed by atoms with Crippen LogP contribution in [0.15, 0.2) is 18.2 Å². The predicted octanol–water partition coefficient (Wildman–Crippen LogP) is 1.27. The zero-order valence-electron chi connectivity index (χ0n) is 10.8. The van der Waals surface area contributed by atoms with Crippen molar-refractivity contribution in [2.75, 3.05) is 18.5 Å². The van der Waals surface area contributed by atoms with E-state index in [-0.39, 0.29) is 11.7 Å². The van der Waals surface area contributed by atoms with E-state index < -0.39 is 0 Å². The lowest BCUT2D eigenvalue weighted by atomic mass is 10.1. The minimum atomic E-state index is 0.0906. The summed E-state index contributed by atoms with van der Waals surface area (Å²) in [5.74, 6) is 0.205. The number of nitrogens with one attached hydrogen (secondary N) is 1. The minimum Gasteiger partial charge on any atom is -0.316 e. The number of nitrogens with zero attached hydrogens (tertiary/aromatic N) is 1. The van der Waals surface area contributed by atoms with E-state index in [0.29, 0.717) is 19.4 Å². The summed E-state index contributed by atoms with van der Waals surface area (Å²) >= 11 is 0. The average molecular weight is 246 g/mol. The number of amides is 1. The zero-order chi connectivity index (χ0) is 13.1. The van der Waals surface area contributed by atoms with E-state index in [9.17, 15) is 9.59 Å². The maximum Gasteiger partial charge on any atom is 0.231 e. The van der Waals surface area contributed by atoms with E-state index in [0.717, 1.165) is 17.8 Å². The Hall–Kier alpha value is -1.68. The molecule has 1 aliphatic rings. The van der Waals surface area contributed by atoms with Crippen LogP contribution in [-0.4, -0.2) is 25.3 Å². The number of carbonyl (C=O) groups is 2. The summed E-state index contributed by atoms with van der Waals surface area (Å²) in [5, 5.41) is 3.09. The highest BCUT2D eigenvalue weighted by Crippen LogP contribution is 2.29. The monoisotopic (exact) mass is 246 g/mol. The van der Waals surface area contributed by atoms with Crippen LogP contribution in [0.25, 0.3) is 0 Å². The van der Waals surface area contributed by atoms with E-state index in [1.165, 1.54) is 5.56 Å². The van der Waals surface area contributed by atoms with Crippen LogP contribution in [-0.2, 0) is 22.6 Å². The van der Waals surface area contributed by atoms with Gasteiger partial charge in [0, 0.05) is 25.2 Å². The van der Waals surface area contributed by atoms with Gasteiger partial charge in [0.15, 0.2) is 0 Å². The molecule has 0 bridgehead atoms. The molecule has 1 amide bonds. The summed E-state index contributed by atoms with van der Waals surface area (Å²) in [7, 11) is 1.90. The molecule has 0 spiro atoms. The SMILES string of the molecule is CNCc1ccc2c(c1)CC(=O)N2CCC(C)=O. The molecule has 0 aromatic heterocycles. The van der Waals surface area contributed by atoms with Gasteiger partial charge in [-0.05, 0) is 31.2 Å². The maximum absolute atomic E-state index is 11.9. The molecule has 96 valence electrons. The number of rotatable bonds is 5. The van der Waals surface area contributed by atoms with Crippen LogP contribution in [0.1, 0.15) is 24.5 Å². The first-order chi connectivity index (χ1) is 8.61. The molecule has 1 aliphatic heterocycles. The summed E-state index contributed by atoms with van der Waals surface area (Å²) < 4.78 is 0. The van der Waals surface area contributed by atoms with Crippen molar-refractivity contribution in [3.8, 4) is 0 Å². The first kappa shape index (κ1) is 12.8. The van der Waals surface area contributed by atoms with Crippen LogP contribution in [0.3, 0.4) is 0 Å². The van der Waals surface area contributed by atoms with Crippen molar-refractivity contribution in [3.05, 3.63) is 29.3 Å². The van der Waals surface area contributed by atoms with Gasteiger partial charge < -0.3 is 10.2 Å². The Kier molecular flexibility index (Phi) is 3.77. The van der Waals surface area contributed by atoms with Gasteiger partial charge in [-0.15, -0.1) is 0 Å². The largest absolute Gasteiger partial charge is 0.316 e. The summed E-state index contributed by atoms with van der Waals surface area (Å²) in [4.78, 5) is 24.6. The highest BCUT2D eigenvalue weighted by Gasteiger charge is 2.26. The van der Waals surface area contributed by atoms with Gasteiger partial charge in [0.1, 0.15) is 5.78 Å². The molecule has 1 aromatic carbocycles. The van der Waals surface area contributed by atoms with Crippen LogP contribution in [0.4, 0.5) is 5.69 Å². The minimum absolute atomic E-state index is 0.0906. The van der Waals surface area contributed by atoms with Crippen molar-refractivity contribution in [1.29, 1.82) is 0 Å². The molecule has 0 saturated carbocycles. The second-order valence-electron chi connectivity index (χ2n) is 4.67. The molecule has 18 heavy (non-hydrogen) atoms. The third-order valence-corrected chi connectivity index (χ3v) is 3.15. The van der Waals surface area contributed by atoms with Crippen molar-refractivity contribution >= 4 is 17.4 Å². The fourth-order valence-electron chi connectivity index (χ4n) is 2.26. The van der Waals surface area contributed by atoms with E-state index in [1.807, 2.05) is 19.2 Å².